The number of para-hydroxylation sites is 1. The number of nitrogens with one attached hydrogen (secondary N) is 2. The van der Waals surface area contributed by atoms with Crippen LogP contribution < -0.4 is 15.4 Å². The number of ether oxygens (including phenoxy) is 1. The Kier molecular flexibility index (Phi) is 10.8. The summed E-state index contributed by atoms with van der Waals surface area (Å²) in [6.45, 7) is 2.04. The quantitative estimate of drug-likeness (QED) is 0.329. The van der Waals surface area contributed by atoms with Crippen molar-refractivity contribution in [3.05, 3.63) is 65.2 Å². The molecule has 0 saturated carbocycles. The third-order valence-electron chi connectivity index (χ3n) is 3.89. The van der Waals surface area contributed by atoms with E-state index in [1.54, 1.807) is 7.05 Å². The summed E-state index contributed by atoms with van der Waals surface area (Å²) >= 11 is 0. The van der Waals surface area contributed by atoms with Crippen molar-refractivity contribution in [2.24, 2.45) is 4.99 Å². The molecule has 2 aromatic carbocycles. The Hall–Kier alpha value is -1.94. The molecule has 0 saturated heterocycles. The first kappa shape index (κ1) is 24.1. The SMILES string of the molecule is CN=C(NCc1cc(F)ccc1F)NCc1ccccc1OCCN(C)C.I. The zero-order valence-electron chi connectivity index (χ0n) is 16.3. The van der Waals surface area contributed by atoms with Gasteiger partial charge in [0.25, 0.3) is 0 Å². The molecular formula is C20H27F2IN4O. The molecule has 0 aliphatic carbocycles. The standard InChI is InChI=1S/C20H26F2N4O.HI/c1-23-20(25-14-16-12-17(21)8-9-18(16)22)24-13-15-6-4-5-7-19(15)27-11-10-26(2)3;/h4-9,12H,10-11,13-14H2,1-3H3,(H2,23,24,25);1H. The minimum Gasteiger partial charge on any atom is -0.492 e. The van der Waals surface area contributed by atoms with E-state index in [2.05, 4.69) is 20.5 Å². The van der Waals surface area contributed by atoms with Gasteiger partial charge in [0, 0.05) is 37.8 Å². The number of benzene rings is 2. The third kappa shape index (κ3) is 7.97. The molecule has 2 aromatic rings. The predicted octanol–water partition coefficient (Wildman–Crippen LogP) is 3.39. The number of nitrogens with zero attached hydrogens (tertiary/aromatic N) is 2. The van der Waals surface area contributed by atoms with Crippen LogP contribution in [0.5, 0.6) is 5.75 Å². The van der Waals surface area contributed by atoms with E-state index in [0.29, 0.717) is 19.1 Å². The summed E-state index contributed by atoms with van der Waals surface area (Å²) in [5.74, 6) is 0.360. The average Bonchev–Trinajstić information content (AvgIpc) is 2.65. The topological polar surface area (TPSA) is 48.9 Å². The first-order valence-electron chi connectivity index (χ1n) is 8.73. The van der Waals surface area contributed by atoms with E-state index >= 15 is 0 Å². The van der Waals surface area contributed by atoms with Crippen LogP contribution in [-0.4, -0.2) is 45.2 Å². The van der Waals surface area contributed by atoms with Crippen LogP contribution in [0.25, 0.3) is 0 Å². The fourth-order valence-electron chi connectivity index (χ4n) is 2.39. The lowest BCUT2D eigenvalue weighted by Crippen LogP contribution is -2.36. The highest BCUT2D eigenvalue weighted by Gasteiger charge is 2.07. The maximum atomic E-state index is 13.7. The van der Waals surface area contributed by atoms with Crippen molar-refractivity contribution in [2.75, 3.05) is 34.3 Å². The second-order valence-electron chi connectivity index (χ2n) is 6.27. The molecular weight excluding hydrogens is 477 g/mol. The zero-order chi connectivity index (χ0) is 19.6. The maximum Gasteiger partial charge on any atom is 0.191 e. The first-order chi connectivity index (χ1) is 13.0. The predicted molar refractivity (Wildman–Crippen MR) is 119 cm³/mol. The summed E-state index contributed by atoms with van der Waals surface area (Å²) in [7, 11) is 5.61. The molecule has 0 atom stereocenters. The average molecular weight is 504 g/mol. The van der Waals surface area contributed by atoms with Gasteiger partial charge in [-0.05, 0) is 38.4 Å². The third-order valence-corrected chi connectivity index (χ3v) is 3.89. The molecule has 0 aromatic heterocycles. The number of rotatable bonds is 8. The molecule has 0 spiro atoms. The van der Waals surface area contributed by atoms with Gasteiger partial charge < -0.3 is 20.3 Å². The van der Waals surface area contributed by atoms with E-state index < -0.39 is 11.6 Å². The van der Waals surface area contributed by atoms with Crippen LogP contribution in [0, 0.1) is 11.6 Å². The lowest BCUT2D eigenvalue weighted by molar-refractivity contribution is 0.259. The molecule has 2 N–H and O–H groups in total. The number of guanidine groups is 1. The number of likely N-dealkylation sites (N-methyl/N-ethyl adjacent to an activating group) is 1. The van der Waals surface area contributed by atoms with Crippen LogP contribution in [0.15, 0.2) is 47.5 Å². The largest absolute Gasteiger partial charge is 0.492 e. The van der Waals surface area contributed by atoms with Crippen LogP contribution in [0.3, 0.4) is 0 Å². The van der Waals surface area contributed by atoms with Crippen LogP contribution >= 0.6 is 24.0 Å². The second kappa shape index (κ2) is 12.5. The summed E-state index contributed by atoms with van der Waals surface area (Å²) < 4.78 is 32.8. The van der Waals surface area contributed by atoms with E-state index in [0.717, 1.165) is 30.0 Å². The van der Waals surface area contributed by atoms with Crippen LogP contribution in [0.1, 0.15) is 11.1 Å². The van der Waals surface area contributed by atoms with Gasteiger partial charge in [0.15, 0.2) is 5.96 Å². The summed E-state index contributed by atoms with van der Waals surface area (Å²) in [6, 6.07) is 11.1. The van der Waals surface area contributed by atoms with Gasteiger partial charge in [0.2, 0.25) is 0 Å². The van der Waals surface area contributed by atoms with Gasteiger partial charge in [-0.1, -0.05) is 18.2 Å². The Balaban J connectivity index is 0.00000392. The van der Waals surface area contributed by atoms with Gasteiger partial charge in [-0.15, -0.1) is 24.0 Å². The van der Waals surface area contributed by atoms with Crippen molar-refractivity contribution in [1.82, 2.24) is 15.5 Å². The summed E-state index contributed by atoms with van der Waals surface area (Å²) in [5, 5.41) is 6.15. The maximum absolute atomic E-state index is 13.7. The highest BCUT2D eigenvalue weighted by molar-refractivity contribution is 14.0. The molecule has 0 radical (unpaired) electrons. The van der Waals surface area contributed by atoms with Crippen molar-refractivity contribution in [3.8, 4) is 5.75 Å². The van der Waals surface area contributed by atoms with Gasteiger partial charge in [0.05, 0.1) is 0 Å². The highest BCUT2D eigenvalue weighted by Crippen LogP contribution is 2.17. The van der Waals surface area contributed by atoms with Crippen LogP contribution in [0.4, 0.5) is 8.78 Å². The molecule has 0 fully saturated rings. The van der Waals surface area contributed by atoms with E-state index in [4.69, 9.17) is 4.74 Å². The number of hydrogen-bond acceptors (Lipinski definition) is 3. The Morgan fingerprint density at radius 2 is 1.71 bits per heavy atom. The lowest BCUT2D eigenvalue weighted by Gasteiger charge is -2.16. The Labute approximate surface area is 182 Å². The molecule has 5 nitrogen and oxygen atoms in total. The van der Waals surface area contributed by atoms with E-state index in [9.17, 15) is 8.78 Å². The Morgan fingerprint density at radius 1 is 1.04 bits per heavy atom. The van der Waals surface area contributed by atoms with Crippen LogP contribution in [-0.2, 0) is 13.1 Å². The molecule has 0 aliphatic heterocycles. The Bertz CT molecular complexity index is 772. The van der Waals surface area contributed by atoms with Gasteiger partial charge >= 0.3 is 0 Å². The van der Waals surface area contributed by atoms with Crippen molar-refractivity contribution >= 4 is 29.9 Å². The molecule has 0 heterocycles. The molecule has 8 heteroatoms. The minimum absolute atomic E-state index is 0. The van der Waals surface area contributed by atoms with Gasteiger partial charge in [0.1, 0.15) is 24.0 Å². The van der Waals surface area contributed by atoms with E-state index in [-0.39, 0.29) is 36.1 Å². The fourth-order valence-corrected chi connectivity index (χ4v) is 2.39. The van der Waals surface area contributed by atoms with Gasteiger partial charge in [-0.2, -0.15) is 0 Å². The van der Waals surface area contributed by atoms with E-state index in [1.165, 1.54) is 6.07 Å². The minimum atomic E-state index is -0.472. The monoisotopic (exact) mass is 504 g/mol. The molecule has 2 rings (SSSR count). The number of halogens is 3. The van der Waals surface area contributed by atoms with E-state index in [1.807, 2.05) is 38.4 Å². The van der Waals surface area contributed by atoms with Crippen molar-refractivity contribution in [2.45, 2.75) is 13.1 Å². The smallest absolute Gasteiger partial charge is 0.191 e. The Morgan fingerprint density at radius 3 is 2.39 bits per heavy atom. The van der Waals surface area contributed by atoms with Crippen molar-refractivity contribution in [1.29, 1.82) is 0 Å². The molecule has 0 amide bonds. The number of hydrogen-bond donors (Lipinski definition) is 2. The molecule has 154 valence electrons. The van der Waals surface area contributed by atoms with Crippen molar-refractivity contribution in [3.63, 3.8) is 0 Å². The fraction of sp³-hybridized carbons (Fsp3) is 0.350. The molecule has 0 bridgehead atoms. The normalized spacial score (nSPS) is 11.1. The second-order valence-corrected chi connectivity index (χ2v) is 6.27. The molecule has 28 heavy (non-hydrogen) atoms. The van der Waals surface area contributed by atoms with Gasteiger partial charge in [-0.3, -0.25) is 4.99 Å². The highest BCUT2D eigenvalue weighted by atomic mass is 127. The molecule has 0 unspecified atom stereocenters. The first-order valence-corrected chi connectivity index (χ1v) is 8.73. The summed E-state index contributed by atoms with van der Waals surface area (Å²) in [4.78, 5) is 6.17. The van der Waals surface area contributed by atoms with Crippen LogP contribution in [0.2, 0.25) is 0 Å². The zero-order valence-corrected chi connectivity index (χ0v) is 18.7. The summed E-state index contributed by atoms with van der Waals surface area (Å²) in [6.07, 6.45) is 0. The number of aliphatic imine (C=N–C) groups is 1. The van der Waals surface area contributed by atoms with Crippen molar-refractivity contribution < 1.29 is 13.5 Å². The summed E-state index contributed by atoms with van der Waals surface area (Å²) in [5.41, 5.74) is 1.22. The molecule has 0 aliphatic rings. The lowest BCUT2D eigenvalue weighted by atomic mass is 10.2. The van der Waals surface area contributed by atoms with Gasteiger partial charge in [-0.25, -0.2) is 8.78 Å².